The van der Waals surface area contributed by atoms with Crippen LogP contribution in [0.3, 0.4) is 0 Å². The van der Waals surface area contributed by atoms with Crippen molar-refractivity contribution in [2.24, 2.45) is 7.05 Å². The smallest absolute Gasteiger partial charge is 0.263 e. The summed E-state index contributed by atoms with van der Waals surface area (Å²) in [6, 6.07) is 4.76. The van der Waals surface area contributed by atoms with Crippen LogP contribution >= 0.6 is 34.4 Å². The highest BCUT2D eigenvalue weighted by Crippen LogP contribution is 2.34. The molecule has 0 amide bonds. The second kappa shape index (κ2) is 7.84. The van der Waals surface area contributed by atoms with Gasteiger partial charge < -0.3 is 4.90 Å². The lowest BCUT2D eigenvalue weighted by Crippen LogP contribution is -2.36. The molecule has 3 aromatic heterocycles. The number of thioether (sulfide) groups is 1. The third-order valence-corrected chi connectivity index (χ3v) is 8.00. The molecule has 138 valence electrons. The zero-order valence-corrected chi connectivity index (χ0v) is 17.6. The Morgan fingerprint density at radius 2 is 2.19 bits per heavy atom. The molecular weight excluding hydrogens is 382 g/mol. The van der Waals surface area contributed by atoms with Crippen molar-refractivity contribution in [3.8, 4) is 10.4 Å². The van der Waals surface area contributed by atoms with Crippen LogP contribution in [0, 0.1) is 0 Å². The van der Waals surface area contributed by atoms with E-state index >= 15 is 0 Å². The number of likely N-dealkylation sites (tertiary alicyclic amines) is 1. The molecule has 0 saturated carbocycles. The maximum absolute atomic E-state index is 13.0. The molecule has 3 aromatic rings. The molecule has 0 radical (unpaired) electrons. The lowest BCUT2D eigenvalue weighted by atomic mass is 10.0. The average molecular weight is 406 g/mol. The van der Waals surface area contributed by atoms with Gasteiger partial charge in [0.2, 0.25) is 0 Å². The zero-order chi connectivity index (χ0) is 18.1. The lowest BCUT2D eigenvalue weighted by Gasteiger charge is -2.32. The molecule has 4 nitrogen and oxygen atoms in total. The van der Waals surface area contributed by atoms with E-state index in [1.807, 2.05) is 18.5 Å². The van der Waals surface area contributed by atoms with E-state index in [1.165, 1.54) is 25.8 Å². The molecule has 0 N–H and O–H groups in total. The summed E-state index contributed by atoms with van der Waals surface area (Å²) in [5.74, 6) is 1.00. The van der Waals surface area contributed by atoms with Gasteiger partial charge >= 0.3 is 0 Å². The molecule has 26 heavy (non-hydrogen) atoms. The molecular formula is C19H23N3OS3. The summed E-state index contributed by atoms with van der Waals surface area (Å²) in [7, 11) is 4.08. The number of rotatable bonds is 5. The topological polar surface area (TPSA) is 38.1 Å². The van der Waals surface area contributed by atoms with Crippen LogP contribution in [0.4, 0.5) is 0 Å². The first kappa shape index (κ1) is 18.2. The maximum Gasteiger partial charge on any atom is 0.263 e. The minimum absolute atomic E-state index is 0.0666. The van der Waals surface area contributed by atoms with Crippen LogP contribution in [0.2, 0.25) is 0 Å². The Bertz CT molecular complexity index is 945. The summed E-state index contributed by atoms with van der Waals surface area (Å²) >= 11 is 4.95. The molecule has 7 heteroatoms. The van der Waals surface area contributed by atoms with Crippen molar-refractivity contribution in [2.75, 3.05) is 19.3 Å². The molecule has 1 atom stereocenters. The first-order valence-electron chi connectivity index (χ1n) is 9.00. The van der Waals surface area contributed by atoms with Gasteiger partial charge in [-0.15, -0.1) is 22.7 Å². The SMILES string of the molecule is CN1CCCCC1CCSc1nc2scc(-c3cccs3)c2c(=O)n1C. The third-order valence-electron chi connectivity index (χ3n) is 5.16. The van der Waals surface area contributed by atoms with E-state index < -0.39 is 0 Å². The highest BCUT2D eigenvalue weighted by molar-refractivity contribution is 7.99. The Hall–Kier alpha value is -1.15. The van der Waals surface area contributed by atoms with Gasteiger partial charge in [0.25, 0.3) is 5.56 Å². The van der Waals surface area contributed by atoms with E-state index in [0.29, 0.717) is 6.04 Å². The standard InChI is InChI=1S/C19H23N3OS3/c1-21-9-4-3-6-13(21)8-11-25-19-20-17-16(18(23)22(19)2)14(12-26-17)15-7-5-10-24-15/h5,7,10,12-13H,3-4,6,8-9,11H2,1-2H3. The molecule has 0 bridgehead atoms. The molecule has 4 heterocycles. The monoisotopic (exact) mass is 405 g/mol. The number of hydrogen-bond donors (Lipinski definition) is 0. The van der Waals surface area contributed by atoms with Gasteiger partial charge in [-0.05, 0) is 44.3 Å². The van der Waals surface area contributed by atoms with Gasteiger partial charge in [0, 0.05) is 34.7 Å². The van der Waals surface area contributed by atoms with Crippen LogP contribution in [0.1, 0.15) is 25.7 Å². The number of hydrogen-bond acceptors (Lipinski definition) is 6. The van der Waals surface area contributed by atoms with Gasteiger partial charge in [0.15, 0.2) is 5.16 Å². The van der Waals surface area contributed by atoms with Crippen LogP contribution in [0.15, 0.2) is 32.8 Å². The van der Waals surface area contributed by atoms with Crippen molar-refractivity contribution in [1.29, 1.82) is 0 Å². The second-order valence-electron chi connectivity index (χ2n) is 6.83. The number of nitrogens with zero attached hydrogens (tertiary/aromatic N) is 3. The van der Waals surface area contributed by atoms with Crippen molar-refractivity contribution in [1.82, 2.24) is 14.5 Å². The Morgan fingerprint density at radius 1 is 1.31 bits per heavy atom. The normalized spacial score (nSPS) is 18.6. The molecule has 1 unspecified atom stereocenters. The Balaban J connectivity index is 1.55. The van der Waals surface area contributed by atoms with Crippen LogP contribution < -0.4 is 5.56 Å². The summed E-state index contributed by atoms with van der Waals surface area (Å²) in [4.78, 5) is 22.2. The quantitative estimate of drug-likeness (QED) is 0.456. The largest absolute Gasteiger partial charge is 0.303 e. The molecule has 1 fully saturated rings. The highest BCUT2D eigenvalue weighted by atomic mass is 32.2. The number of fused-ring (bicyclic) bond motifs is 1. The van der Waals surface area contributed by atoms with E-state index in [0.717, 1.165) is 38.0 Å². The van der Waals surface area contributed by atoms with E-state index in [2.05, 4.69) is 23.4 Å². The molecule has 0 aliphatic carbocycles. The molecule has 1 saturated heterocycles. The molecule has 0 spiro atoms. The number of thiophene rings is 2. The van der Waals surface area contributed by atoms with Crippen LogP contribution in [0.5, 0.6) is 0 Å². The van der Waals surface area contributed by atoms with Crippen LogP contribution in [0.25, 0.3) is 20.7 Å². The fourth-order valence-corrected chi connectivity index (χ4v) is 6.41. The number of piperidine rings is 1. The summed E-state index contributed by atoms with van der Waals surface area (Å²) < 4.78 is 1.72. The van der Waals surface area contributed by atoms with Gasteiger partial charge in [-0.25, -0.2) is 4.98 Å². The molecule has 4 rings (SSSR count). The van der Waals surface area contributed by atoms with Crippen molar-refractivity contribution in [2.45, 2.75) is 36.9 Å². The van der Waals surface area contributed by atoms with Crippen molar-refractivity contribution in [3.63, 3.8) is 0 Å². The molecule has 0 aromatic carbocycles. The van der Waals surface area contributed by atoms with Gasteiger partial charge in [-0.2, -0.15) is 0 Å². The summed E-state index contributed by atoms with van der Waals surface area (Å²) in [6.07, 6.45) is 5.10. The third kappa shape index (κ3) is 3.50. The van der Waals surface area contributed by atoms with E-state index in [4.69, 9.17) is 4.98 Å². The van der Waals surface area contributed by atoms with E-state index in [1.54, 1.807) is 39.0 Å². The van der Waals surface area contributed by atoms with Crippen LogP contribution in [-0.2, 0) is 7.05 Å². The fourth-order valence-electron chi connectivity index (χ4n) is 3.59. The fraction of sp³-hybridized carbons (Fsp3) is 0.474. The lowest BCUT2D eigenvalue weighted by molar-refractivity contribution is 0.182. The minimum atomic E-state index is 0.0666. The predicted molar refractivity (Wildman–Crippen MR) is 114 cm³/mol. The second-order valence-corrected chi connectivity index (χ2v) is 9.70. The predicted octanol–water partition coefficient (Wildman–Crippen LogP) is 4.69. The van der Waals surface area contributed by atoms with E-state index in [-0.39, 0.29) is 5.56 Å². The molecule has 1 aliphatic heterocycles. The van der Waals surface area contributed by atoms with Crippen molar-refractivity contribution >= 4 is 44.7 Å². The Morgan fingerprint density at radius 3 is 2.96 bits per heavy atom. The van der Waals surface area contributed by atoms with Gasteiger partial charge in [-0.1, -0.05) is 24.2 Å². The zero-order valence-electron chi connectivity index (χ0n) is 15.1. The van der Waals surface area contributed by atoms with Crippen molar-refractivity contribution < 1.29 is 0 Å². The number of aromatic nitrogens is 2. The van der Waals surface area contributed by atoms with Gasteiger partial charge in [0.1, 0.15) is 4.83 Å². The average Bonchev–Trinajstić information content (AvgIpc) is 3.30. The summed E-state index contributed by atoms with van der Waals surface area (Å²) in [6.45, 7) is 1.21. The summed E-state index contributed by atoms with van der Waals surface area (Å²) in [5.41, 5.74) is 1.09. The van der Waals surface area contributed by atoms with Gasteiger partial charge in [0.05, 0.1) is 5.39 Å². The minimum Gasteiger partial charge on any atom is -0.303 e. The Labute approximate surface area is 165 Å². The maximum atomic E-state index is 13.0. The van der Waals surface area contributed by atoms with Crippen molar-refractivity contribution in [3.05, 3.63) is 33.2 Å². The van der Waals surface area contributed by atoms with Gasteiger partial charge in [-0.3, -0.25) is 9.36 Å². The Kier molecular flexibility index (Phi) is 5.50. The first-order chi connectivity index (χ1) is 12.6. The summed E-state index contributed by atoms with van der Waals surface area (Å²) in [5, 5.41) is 5.70. The van der Waals surface area contributed by atoms with Crippen LogP contribution in [-0.4, -0.2) is 39.8 Å². The highest BCUT2D eigenvalue weighted by Gasteiger charge is 2.20. The molecule has 1 aliphatic rings. The van der Waals surface area contributed by atoms with E-state index in [9.17, 15) is 4.79 Å². The first-order valence-corrected chi connectivity index (χ1v) is 11.7.